The minimum absolute atomic E-state index is 0.113. The molecule has 0 fully saturated rings. The molecule has 0 spiro atoms. The fourth-order valence-electron chi connectivity index (χ4n) is 2.00. The Labute approximate surface area is 142 Å². The highest BCUT2D eigenvalue weighted by atomic mass is 32.2. The molecular formula is C16H16FN3O3S. The standard InChI is InChI=1S/C16H16FN3O3S/c1-20-15(14-3-2-8-22-14)18-19-16(20)24-10-12(21)9-23-13-6-4-11(17)5-7-13/h2-8,12,21H,9-10H2,1H3. The van der Waals surface area contributed by atoms with Gasteiger partial charge in [-0.05, 0) is 36.4 Å². The van der Waals surface area contributed by atoms with Gasteiger partial charge >= 0.3 is 0 Å². The van der Waals surface area contributed by atoms with Gasteiger partial charge < -0.3 is 18.8 Å². The fourth-order valence-corrected chi connectivity index (χ4v) is 2.82. The SMILES string of the molecule is Cn1c(SCC(O)COc2ccc(F)cc2)nnc1-c1ccco1. The first-order valence-electron chi connectivity index (χ1n) is 7.26. The molecule has 0 radical (unpaired) electrons. The van der Waals surface area contributed by atoms with E-state index in [0.29, 0.717) is 28.2 Å². The molecule has 2 heterocycles. The van der Waals surface area contributed by atoms with Crippen molar-refractivity contribution in [2.75, 3.05) is 12.4 Å². The average Bonchev–Trinajstić information content (AvgIpc) is 3.22. The zero-order valence-electron chi connectivity index (χ0n) is 12.9. The lowest BCUT2D eigenvalue weighted by atomic mass is 10.3. The molecule has 0 saturated carbocycles. The van der Waals surface area contributed by atoms with E-state index in [9.17, 15) is 9.50 Å². The number of aliphatic hydroxyl groups is 1. The van der Waals surface area contributed by atoms with Crippen LogP contribution in [0.5, 0.6) is 5.75 Å². The van der Waals surface area contributed by atoms with Crippen LogP contribution in [0.1, 0.15) is 0 Å². The largest absolute Gasteiger partial charge is 0.491 e. The van der Waals surface area contributed by atoms with Crippen molar-refractivity contribution in [1.29, 1.82) is 0 Å². The van der Waals surface area contributed by atoms with E-state index in [4.69, 9.17) is 9.15 Å². The minimum atomic E-state index is -0.691. The number of benzene rings is 1. The second-order valence-corrected chi connectivity index (χ2v) is 6.06. The number of ether oxygens (including phenoxy) is 1. The van der Waals surface area contributed by atoms with Crippen LogP contribution in [0.25, 0.3) is 11.6 Å². The summed E-state index contributed by atoms with van der Waals surface area (Å²) < 4.78 is 25.3. The lowest BCUT2D eigenvalue weighted by Gasteiger charge is -2.11. The Morgan fingerprint density at radius 1 is 1.29 bits per heavy atom. The molecule has 1 aromatic carbocycles. The zero-order chi connectivity index (χ0) is 16.9. The van der Waals surface area contributed by atoms with E-state index < -0.39 is 6.10 Å². The van der Waals surface area contributed by atoms with Gasteiger partial charge in [0.2, 0.25) is 0 Å². The van der Waals surface area contributed by atoms with E-state index in [0.717, 1.165) is 0 Å². The quantitative estimate of drug-likeness (QED) is 0.661. The third-order valence-electron chi connectivity index (χ3n) is 3.24. The number of aliphatic hydroxyl groups excluding tert-OH is 1. The molecule has 0 amide bonds. The van der Waals surface area contributed by atoms with E-state index >= 15 is 0 Å². The third kappa shape index (κ3) is 3.95. The maximum atomic E-state index is 12.8. The Morgan fingerprint density at radius 2 is 2.08 bits per heavy atom. The fraction of sp³-hybridized carbons (Fsp3) is 0.250. The monoisotopic (exact) mass is 349 g/mol. The first-order chi connectivity index (χ1) is 11.6. The second-order valence-electron chi connectivity index (χ2n) is 5.07. The topological polar surface area (TPSA) is 73.3 Å². The Balaban J connectivity index is 1.51. The molecule has 0 aliphatic rings. The van der Waals surface area contributed by atoms with Gasteiger partial charge in [-0.25, -0.2) is 4.39 Å². The molecule has 2 aromatic heterocycles. The lowest BCUT2D eigenvalue weighted by molar-refractivity contribution is 0.126. The van der Waals surface area contributed by atoms with Gasteiger partial charge in [-0.3, -0.25) is 0 Å². The first kappa shape index (κ1) is 16.5. The Bertz CT molecular complexity index is 774. The van der Waals surface area contributed by atoms with Gasteiger partial charge in [0.25, 0.3) is 0 Å². The molecule has 3 aromatic rings. The highest BCUT2D eigenvalue weighted by molar-refractivity contribution is 7.99. The van der Waals surface area contributed by atoms with Gasteiger partial charge in [-0.15, -0.1) is 10.2 Å². The molecule has 3 rings (SSSR count). The van der Waals surface area contributed by atoms with Gasteiger partial charge in [-0.1, -0.05) is 11.8 Å². The highest BCUT2D eigenvalue weighted by Gasteiger charge is 2.15. The van der Waals surface area contributed by atoms with Gasteiger partial charge in [0.1, 0.15) is 18.2 Å². The summed E-state index contributed by atoms with van der Waals surface area (Å²) in [5.41, 5.74) is 0. The molecule has 0 aliphatic heterocycles. The van der Waals surface area contributed by atoms with E-state index in [1.807, 2.05) is 13.1 Å². The normalized spacial score (nSPS) is 12.3. The van der Waals surface area contributed by atoms with Crippen LogP contribution in [0, 0.1) is 5.82 Å². The van der Waals surface area contributed by atoms with Crippen LogP contribution >= 0.6 is 11.8 Å². The van der Waals surface area contributed by atoms with Crippen molar-refractivity contribution in [1.82, 2.24) is 14.8 Å². The first-order valence-corrected chi connectivity index (χ1v) is 8.24. The van der Waals surface area contributed by atoms with Crippen LogP contribution in [0.4, 0.5) is 4.39 Å². The van der Waals surface area contributed by atoms with E-state index in [1.54, 1.807) is 16.9 Å². The molecule has 0 aliphatic carbocycles. The van der Waals surface area contributed by atoms with Crippen molar-refractivity contribution >= 4 is 11.8 Å². The van der Waals surface area contributed by atoms with Crippen LogP contribution in [0.15, 0.2) is 52.2 Å². The predicted octanol–water partition coefficient (Wildman–Crippen LogP) is 2.75. The molecular weight excluding hydrogens is 333 g/mol. The van der Waals surface area contributed by atoms with Crippen molar-refractivity contribution in [3.63, 3.8) is 0 Å². The number of hydrogen-bond acceptors (Lipinski definition) is 6. The van der Waals surface area contributed by atoms with Crippen molar-refractivity contribution < 1.29 is 18.7 Å². The molecule has 1 N–H and O–H groups in total. The molecule has 6 nitrogen and oxygen atoms in total. The Morgan fingerprint density at radius 3 is 2.79 bits per heavy atom. The smallest absolute Gasteiger partial charge is 0.200 e. The summed E-state index contributed by atoms with van der Waals surface area (Å²) in [4.78, 5) is 0. The summed E-state index contributed by atoms with van der Waals surface area (Å²) in [6, 6.07) is 9.26. The molecule has 0 bridgehead atoms. The molecule has 1 unspecified atom stereocenters. The summed E-state index contributed by atoms with van der Waals surface area (Å²) in [5.74, 6) is 1.84. The van der Waals surface area contributed by atoms with E-state index in [-0.39, 0.29) is 12.4 Å². The number of halogens is 1. The van der Waals surface area contributed by atoms with Crippen LogP contribution in [0.3, 0.4) is 0 Å². The van der Waals surface area contributed by atoms with E-state index in [2.05, 4.69) is 10.2 Å². The maximum absolute atomic E-state index is 12.8. The Hall–Kier alpha value is -2.32. The average molecular weight is 349 g/mol. The van der Waals surface area contributed by atoms with Crippen LogP contribution in [-0.4, -0.2) is 38.3 Å². The molecule has 24 heavy (non-hydrogen) atoms. The molecule has 126 valence electrons. The predicted molar refractivity (Wildman–Crippen MR) is 87.3 cm³/mol. The van der Waals surface area contributed by atoms with Crippen molar-refractivity contribution in [2.45, 2.75) is 11.3 Å². The number of hydrogen-bond donors (Lipinski definition) is 1. The summed E-state index contributed by atoms with van der Waals surface area (Å²) in [5, 5.41) is 18.9. The second kappa shape index (κ2) is 7.50. The minimum Gasteiger partial charge on any atom is -0.491 e. The number of nitrogens with zero attached hydrogens (tertiary/aromatic N) is 3. The highest BCUT2D eigenvalue weighted by Crippen LogP contribution is 2.23. The van der Waals surface area contributed by atoms with Gasteiger partial charge in [0.15, 0.2) is 16.7 Å². The number of rotatable bonds is 7. The van der Waals surface area contributed by atoms with Crippen LogP contribution in [0.2, 0.25) is 0 Å². The summed E-state index contributed by atoms with van der Waals surface area (Å²) >= 11 is 1.37. The summed E-state index contributed by atoms with van der Waals surface area (Å²) in [6.45, 7) is 0.113. The van der Waals surface area contributed by atoms with E-state index in [1.165, 1.54) is 36.0 Å². The maximum Gasteiger partial charge on any atom is 0.200 e. The summed E-state index contributed by atoms with van der Waals surface area (Å²) in [6.07, 6.45) is 0.886. The molecule has 1 atom stereocenters. The van der Waals surface area contributed by atoms with Crippen molar-refractivity contribution in [3.05, 3.63) is 48.5 Å². The van der Waals surface area contributed by atoms with Crippen molar-refractivity contribution in [3.8, 4) is 17.3 Å². The van der Waals surface area contributed by atoms with Crippen molar-refractivity contribution in [2.24, 2.45) is 7.05 Å². The molecule has 8 heteroatoms. The number of furan rings is 1. The van der Waals surface area contributed by atoms with Gasteiger partial charge in [-0.2, -0.15) is 0 Å². The molecule has 0 saturated heterocycles. The van der Waals surface area contributed by atoms with Crippen LogP contribution in [-0.2, 0) is 7.05 Å². The van der Waals surface area contributed by atoms with Gasteiger partial charge in [0.05, 0.1) is 12.4 Å². The number of aromatic nitrogens is 3. The summed E-state index contributed by atoms with van der Waals surface area (Å²) in [7, 11) is 1.83. The Kier molecular flexibility index (Phi) is 5.17. The lowest BCUT2D eigenvalue weighted by Crippen LogP contribution is -2.20. The van der Waals surface area contributed by atoms with Gasteiger partial charge in [0, 0.05) is 12.8 Å². The number of thioether (sulfide) groups is 1. The zero-order valence-corrected chi connectivity index (χ0v) is 13.7. The third-order valence-corrected chi connectivity index (χ3v) is 4.40. The van der Waals surface area contributed by atoms with Crippen LogP contribution < -0.4 is 4.74 Å².